The highest BCUT2D eigenvalue weighted by Crippen LogP contribution is 2.37. The summed E-state index contributed by atoms with van der Waals surface area (Å²) in [6, 6.07) is 8.54. The summed E-state index contributed by atoms with van der Waals surface area (Å²) in [5.41, 5.74) is 1.61. The standard InChI is InChI=1S/C17H21N3O3S/c21-12-15-10-14-6-1-2-7-16(14)20(15)24(22,23)17-8-9-18-19(17)11-13-4-3-5-13/h1-2,6-9,13,15,21H,3-5,10-12H2. The molecule has 6 nitrogen and oxygen atoms in total. The first-order chi connectivity index (χ1) is 11.6. The second-order valence-electron chi connectivity index (χ2n) is 6.62. The molecular formula is C17H21N3O3S. The third kappa shape index (κ3) is 2.43. The molecule has 1 fully saturated rings. The number of aliphatic hydroxyl groups is 1. The van der Waals surface area contributed by atoms with Crippen LogP contribution in [0.15, 0.2) is 41.6 Å². The van der Waals surface area contributed by atoms with Crippen LogP contribution in [0.25, 0.3) is 0 Å². The average Bonchev–Trinajstić information content (AvgIpc) is 3.15. The van der Waals surface area contributed by atoms with Gasteiger partial charge in [0.15, 0.2) is 5.03 Å². The minimum Gasteiger partial charge on any atom is -0.394 e. The third-order valence-electron chi connectivity index (χ3n) is 5.08. The van der Waals surface area contributed by atoms with Crippen molar-refractivity contribution in [3.05, 3.63) is 42.1 Å². The van der Waals surface area contributed by atoms with Gasteiger partial charge in [0.25, 0.3) is 10.0 Å². The maximum atomic E-state index is 13.3. The van der Waals surface area contributed by atoms with Crippen LogP contribution in [0.2, 0.25) is 0 Å². The zero-order valence-electron chi connectivity index (χ0n) is 13.4. The van der Waals surface area contributed by atoms with E-state index in [2.05, 4.69) is 5.10 Å². The molecule has 24 heavy (non-hydrogen) atoms. The number of hydrogen-bond donors (Lipinski definition) is 1. The maximum Gasteiger partial charge on any atom is 0.281 e. The predicted molar refractivity (Wildman–Crippen MR) is 90.3 cm³/mol. The van der Waals surface area contributed by atoms with Gasteiger partial charge in [-0.05, 0) is 42.9 Å². The number of nitrogens with zero attached hydrogens (tertiary/aromatic N) is 3. The number of hydrogen-bond acceptors (Lipinski definition) is 4. The fourth-order valence-corrected chi connectivity index (χ4v) is 5.39. The van der Waals surface area contributed by atoms with Crippen LogP contribution >= 0.6 is 0 Å². The Hall–Kier alpha value is -1.86. The van der Waals surface area contributed by atoms with E-state index in [1.54, 1.807) is 23.0 Å². The van der Waals surface area contributed by atoms with E-state index in [-0.39, 0.29) is 11.6 Å². The molecule has 0 radical (unpaired) electrons. The zero-order valence-corrected chi connectivity index (χ0v) is 14.2. The van der Waals surface area contributed by atoms with Crippen molar-refractivity contribution < 1.29 is 13.5 Å². The lowest BCUT2D eigenvalue weighted by Gasteiger charge is -2.28. The second-order valence-corrected chi connectivity index (χ2v) is 8.38. The molecular weight excluding hydrogens is 326 g/mol. The average molecular weight is 347 g/mol. The maximum absolute atomic E-state index is 13.3. The van der Waals surface area contributed by atoms with Crippen LogP contribution in [-0.4, -0.2) is 36.0 Å². The molecule has 1 N–H and O–H groups in total. The van der Waals surface area contributed by atoms with Gasteiger partial charge in [-0.2, -0.15) is 13.5 Å². The van der Waals surface area contributed by atoms with E-state index in [0.29, 0.717) is 24.6 Å². The number of aromatic nitrogens is 2. The van der Waals surface area contributed by atoms with Gasteiger partial charge in [-0.3, -0.25) is 8.99 Å². The highest BCUT2D eigenvalue weighted by atomic mass is 32.2. The number of sulfonamides is 1. The molecule has 0 saturated heterocycles. The van der Waals surface area contributed by atoms with E-state index in [0.717, 1.165) is 18.4 Å². The molecule has 128 valence electrons. The van der Waals surface area contributed by atoms with Gasteiger partial charge in [0.1, 0.15) is 0 Å². The summed E-state index contributed by atoms with van der Waals surface area (Å²) in [6.45, 7) is 0.436. The van der Waals surface area contributed by atoms with E-state index in [4.69, 9.17) is 0 Å². The molecule has 1 atom stereocenters. The molecule has 1 aliphatic heterocycles. The number of para-hydroxylation sites is 1. The predicted octanol–water partition coefficient (Wildman–Crippen LogP) is 1.80. The molecule has 1 aromatic carbocycles. The highest BCUT2D eigenvalue weighted by Gasteiger charge is 2.39. The van der Waals surface area contributed by atoms with Crippen LogP contribution in [0.4, 0.5) is 5.69 Å². The van der Waals surface area contributed by atoms with Crippen molar-refractivity contribution in [2.45, 2.75) is 43.3 Å². The summed E-state index contributed by atoms with van der Waals surface area (Å²) in [6.07, 6.45) is 5.54. The summed E-state index contributed by atoms with van der Waals surface area (Å²) in [7, 11) is -3.76. The van der Waals surface area contributed by atoms with E-state index < -0.39 is 16.1 Å². The van der Waals surface area contributed by atoms with Gasteiger partial charge in [0.05, 0.1) is 24.5 Å². The van der Waals surface area contributed by atoms with Crippen LogP contribution in [0.5, 0.6) is 0 Å². The number of anilines is 1. The molecule has 2 heterocycles. The summed E-state index contributed by atoms with van der Waals surface area (Å²) in [5.74, 6) is 0.512. The van der Waals surface area contributed by atoms with Crippen molar-refractivity contribution >= 4 is 15.7 Å². The topological polar surface area (TPSA) is 75.4 Å². The van der Waals surface area contributed by atoms with E-state index in [1.165, 1.54) is 10.7 Å². The number of rotatable bonds is 5. The lowest BCUT2D eigenvalue weighted by atomic mass is 9.85. The summed E-state index contributed by atoms with van der Waals surface area (Å²) < 4.78 is 29.6. The Bertz CT molecular complexity index is 842. The van der Waals surface area contributed by atoms with E-state index in [9.17, 15) is 13.5 Å². The van der Waals surface area contributed by atoms with Gasteiger partial charge < -0.3 is 5.11 Å². The van der Waals surface area contributed by atoms with Crippen molar-refractivity contribution in [1.29, 1.82) is 0 Å². The number of fused-ring (bicyclic) bond motifs is 1. The molecule has 0 spiro atoms. The van der Waals surface area contributed by atoms with Crippen molar-refractivity contribution in [1.82, 2.24) is 9.78 Å². The van der Waals surface area contributed by atoms with Gasteiger partial charge in [0, 0.05) is 6.54 Å². The first-order valence-corrected chi connectivity index (χ1v) is 9.80. The Kier molecular flexibility index (Phi) is 3.85. The van der Waals surface area contributed by atoms with Gasteiger partial charge in [0.2, 0.25) is 0 Å². The SMILES string of the molecule is O=S(=O)(c1ccnn1CC1CCC1)N1c2ccccc2CC1CO. The molecule has 0 bridgehead atoms. The Morgan fingerprint density at radius 3 is 2.71 bits per heavy atom. The van der Waals surface area contributed by atoms with Crippen molar-refractivity contribution in [2.24, 2.45) is 5.92 Å². The molecule has 2 aliphatic rings. The summed E-state index contributed by atoms with van der Waals surface area (Å²) in [4.78, 5) is 0. The molecule has 2 aromatic rings. The normalized spacial score (nSPS) is 20.9. The quantitative estimate of drug-likeness (QED) is 0.895. The van der Waals surface area contributed by atoms with Crippen LogP contribution < -0.4 is 4.31 Å². The number of benzene rings is 1. The Morgan fingerprint density at radius 1 is 1.21 bits per heavy atom. The molecule has 1 unspecified atom stereocenters. The molecule has 1 aromatic heterocycles. The lowest BCUT2D eigenvalue weighted by molar-refractivity contribution is 0.257. The smallest absolute Gasteiger partial charge is 0.281 e. The van der Waals surface area contributed by atoms with Crippen LogP contribution in [0.3, 0.4) is 0 Å². The fourth-order valence-electron chi connectivity index (χ4n) is 3.59. The van der Waals surface area contributed by atoms with Crippen molar-refractivity contribution in [3.8, 4) is 0 Å². The number of aliphatic hydroxyl groups excluding tert-OH is 1. The lowest BCUT2D eigenvalue weighted by Crippen LogP contribution is -2.41. The zero-order chi connectivity index (χ0) is 16.7. The Balaban J connectivity index is 1.73. The van der Waals surface area contributed by atoms with E-state index in [1.807, 2.05) is 18.2 Å². The fraction of sp³-hybridized carbons (Fsp3) is 0.471. The van der Waals surface area contributed by atoms with Gasteiger partial charge in [-0.1, -0.05) is 24.6 Å². The van der Waals surface area contributed by atoms with Crippen molar-refractivity contribution in [2.75, 3.05) is 10.9 Å². The van der Waals surface area contributed by atoms with Crippen LogP contribution in [0, 0.1) is 5.92 Å². The van der Waals surface area contributed by atoms with Gasteiger partial charge in [-0.25, -0.2) is 0 Å². The van der Waals surface area contributed by atoms with E-state index >= 15 is 0 Å². The molecule has 7 heteroatoms. The largest absolute Gasteiger partial charge is 0.394 e. The minimum absolute atomic E-state index is 0.204. The highest BCUT2D eigenvalue weighted by molar-refractivity contribution is 7.92. The van der Waals surface area contributed by atoms with Crippen molar-refractivity contribution in [3.63, 3.8) is 0 Å². The van der Waals surface area contributed by atoms with Crippen LogP contribution in [0.1, 0.15) is 24.8 Å². The first kappa shape index (κ1) is 15.7. The Morgan fingerprint density at radius 2 is 2.00 bits per heavy atom. The van der Waals surface area contributed by atoms with Gasteiger partial charge >= 0.3 is 0 Å². The minimum atomic E-state index is -3.76. The summed E-state index contributed by atoms with van der Waals surface area (Å²) >= 11 is 0. The molecule has 0 amide bonds. The monoisotopic (exact) mass is 347 g/mol. The first-order valence-electron chi connectivity index (χ1n) is 8.36. The summed E-state index contributed by atoms with van der Waals surface area (Å²) in [5, 5.41) is 14.1. The molecule has 1 aliphatic carbocycles. The Labute approximate surface area is 141 Å². The van der Waals surface area contributed by atoms with Gasteiger partial charge in [-0.15, -0.1) is 0 Å². The molecule has 1 saturated carbocycles. The molecule has 4 rings (SSSR count). The second kappa shape index (κ2) is 5.89. The van der Waals surface area contributed by atoms with Crippen LogP contribution in [-0.2, 0) is 23.0 Å². The third-order valence-corrected chi connectivity index (χ3v) is 6.97.